The van der Waals surface area contributed by atoms with Gasteiger partial charge in [0.2, 0.25) is 0 Å². The van der Waals surface area contributed by atoms with E-state index >= 15 is 0 Å². The number of hydrogen-bond donors (Lipinski definition) is 0. The first-order chi connectivity index (χ1) is 31.3. The summed E-state index contributed by atoms with van der Waals surface area (Å²) in [5, 5.41) is 10.4. The van der Waals surface area contributed by atoms with Crippen LogP contribution < -0.4 is 20.7 Å². The second-order valence-electron chi connectivity index (χ2n) is 16.5. The van der Waals surface area contributed by atoms with Crippen molar-refractivity contribution in [3.05, 3.63) is 255 Å². The first-order valence-corrected chi connectivity index (χ1v) is 23.8. The van der Waals surface area contributed by atoms with Crippen molar-refractivity contribution < 1.29 is 0 Å². The van der Waals surface area contributed by atoms with Gasteiger partial charge in [0, 0.05) is 27.2 Å². The molecule has 3 heteroatoms. The molecule has 0 bridgehead atoms. The lowest BCUT2D eigenvalue weighted by Gasteiger charge is -2.34. The normalized spacial score (nSPS) is 11.8. The van der Waals surface area contributed by atoms with Crippen LogP contribution in [0.3, 0.4) is 0 Å². The van der Waals surface area contributed by atoms with Gasteiger partial charge >= 0.3 is 0 Å². The minimum atomic E-state index is -2.77. The van der Waals surface area contributed by atoms with Gasteiger partial charge in [-0.2, -0.15) is 0 Å². The topological polar surface area (TPSA) is 9.86 Å². The molecule has 10 aromatic carbocycles. The van der Waals surface area contributed by atoms with Crippen molar-refractivity contribution >= 4 is 72.4 Å². The predicted molar refractivity (Wildman–Crippen MR) is 270 cm³/mol. The molecule has 0 aliphatic rings. The van der Waals surface area contributed by atoms with Crippen LogP contribution in [0, 0.1) is 0 Å². The first kappa shape index (κ1) is 36.8. The van der Waals surface area contributed by atoms with Gasteiger partial charge in [0.05, 0.1) is 27.8 Å². The van der Waals surface area contributed by atoms with Crippen LogP contribution >= 0.6 is 0 Å². The van der Waals surface area contributed by atoms with Crippen LogP contribution in [0.4, 0.5) is 0 Å². The lowest BCUT2D eigenvalue weighted by Crippen LogP contribution is -2.74. The number of benzene rings is 10. The monoisotopic (exact) mass is 818 g/mol. The van der Waals surface area contributed by atoms with E-state index < -0.39 is 8.07 Å². The Labute approximate surface area is 368 Å². The zero-order valence-electron chi connectivity index (χ0n) is 34.6. The molecule has 296 valence electrons. The standard InChI is InChI=1S/C60H42N2Si/c1-6-19-43(20-7-1)45-33-36-47(37-34-45)61-59-41-46(44-21-8-2-9-22-44)35-39-53(59)54-30-18-32-58(60(54)61)62-56-31-17-16-29-52(56)55-42-51(38-40-57(55)62)63(48-23-10-3-11-24-48,49-25-12-4-13-26-49)50-27-14-5-15-28-50/h1-42H. The van der Waals surface area contributed by atoms with E-state index in [1.807, 2.05) is 0 Å². The largest absolute Gasteiger partial charge is 0.307 e. The van der Waals surface area contributed by atoms with E-state index in [1.54, 1.807) is 0 Å². The number of aromatic nitrogens is 2. The molecule has 0 N–H and O–H groups in total. The number of hydrogen-bond acceptors (Lipinski definition) is 0. The number of fused-ring (bicyclic) bond motifs is 6. The number of rotatable bonds is 8. The maximum Gasteiger partial charge on any atom is 0.179 e. The van der Waals surface area contributed by atoms with Crippen molar-refractivity contribution in [2.24, 2.45) is 0 Å². The molecule has 0 unspecified atom stereocenters. The zero-order valence-corrected chi connectivity index (χ0v) is 35.6. The molecular formula is C60H42N2Si. The Balaban J connectivity index is 1.15. The minimum Gasteiger partial charge on any atom is -0.307 e. The van der Waals surface area contributed by atoms with E-state index in [1.165, 1.54) is 86.6 Å². The molecule has 12 aromatic rings. The second kappa shape index (κ2) is 15.2. The highest BCUT2D eigenvalue weighted by atomic mass is 28.3. The van der Waals surface area contributed by atoms with E-state index in [0.29, 0.717) is 0 Å². The fraction of sp³-hybridized carbons (Fsp3) is 0. The van der Waals surface area contributed by atoms with E-state index in [2.05, 4.69) is 264 Å². The summed E-state index contributed by atoms with van der Waals surface area (Å²) in [7, 11) is -2.77. The van der Waals surface area contributed by atoms with Gasteiger partial charge in [-0.05, 0) is 79.4 Å². The van der Waals surface area contributed by atoms with Crippen molar-refractivity contribution in [1.29, 1.82) is 0 Å². The maximum atomic E-state index is 2.53. The van der Waals surface area contributed by atoms with Gasteiger partial charge in [-0.3, -0.25) is 0 Å². The predicted octanol–water partition coefficient (Wildman–Crippen LogP) is 12.6. The van der Waals surface area contributed by atoms with Crippen LogP contribution in [0.5, 0.6) is 0 Å². The quantitative estimate of drug-likeness (QED) is 0.107. The third-order valence-electron chi connectivity index (χ3n) is 13.1. The van der Waals surface area contributed by atoms with Gasteiger partial charge in [0.15, 0.2) is 8.07 Å². The second-order valence-corrected chi connectivity index (χ2v) is 20.3. The number of nitrogens with zero attached hydrogens (tertiary/aromatic N) is 2. The highest BCUT2D eigenvalue weighted by Crippen LogP contribution is 2.41. The van der Waals surface area contributed by atoms with E-state index in [4.69, 9.17) is 0 Å². The first-order valence-electron chi connectivity index (χ1n) is 21.8. The Morgan fingerprint density at radius 3 is 1.35 bits per heavy atom. The van der Waals surface area contributed by atoms with E-state index in [0.717, 1.165) is 11.4 Å². The molecule has 2 nitrogen and oxygen atoms in total. The van der Waals surface area contributed by atoms with E-state index in [-0.39, 0.29) is 0 Å². The van der Waals surface area contributed by atoms with Crippen LogP contribution in [-0.4, -0.2) is 17.2 Å². The van der Waals surface area contributed by atoms with Crippen LogP contribution in [0.1, 0.15) is 0 Å². The molecule has 0 saturated carbocycles. The minimum absolute atomic E-state index is 1.12. The fourth-order valence-electron chi connectivity index (χ4n) is 10.3. The smallest absolute Gasteiger partial charge is 0.179 e. The molecule has 0 aliphatic heterocycles. The summed E-state index contributed by atoms with van der Waals surface area (Å²) in [6.07, 6.45) is 0. The van der Waals surface area contributed by atoms with Crippen molar-refractivity contribution in [3.63, 3.8) is 0 Å². The fourth-order valence-corrected chi connectivity index (χ4v) is 15.0. The molecular weight excluding hydrogens is 777 g/mol. The molecule has 0 spiro atoms. The Kier molecular flexibility index (Phi) is 8.87. The lowest BCUT2D eigenvalue weighted by atomic mass is 10.0. The third-order valence-corrected chi connectivity index (χ3v) is 17.8. The molecule has 0 amide bonds. The number of para-hydroxylation sites is 2. The summed E-state index contributed by atoms with van der Waals surface area (Å²) in [4.78, 5) is 0. The molecule has 2 heterocycles. The molecule has 0 atom stereocenters. The maximum absolute atomic E-state index is 2.77. The Bertz CT molecular complexity index is 3480. The Morgan fingerprint density at radius 1 is 0.254 bits per heavy atom. The van der Waals surface area contributed by atoms with Crippen LogP contribution in [-0.2, 0) is 0 Å². The van der Waals surface area contributed by atoms with Gasteiger partial charge in [0.25, 0.3) is 0 Å². The molecule has 12 rings (SSSR count). The van der Waals surface area contributed by atoms with Crippen LogP contribution in [0.25, 0.3) is 77.2 Å². The average Bonchev–Trinajstić information content (AvgIpc) is 3.88. The molecule has 63 heavy (non-hydrogen) atoms. The van der Waals surface area contributed by atoms with Crippen molar-refractivity contribution in [2.45, 2.75) is 0 Å². The molecule has 0 aliphatic carbocycles. The van der Waals surface area contributed by atoms with Crippen molar-refractivity contribution in [1.82, 2.24) is 9.13 Å². The van der Waals surface area contributed by atoms with Gasteiger partial charge < -0.3 is 9.13 Å². The van der Waals surface area contributed by atoms with Gasteiger partial charge in [-0.15, -0.1) is 0 Å². The molecule has 0 saturated heterocycles. The van der Waals surface area contributed by atoms with Crippen molar-refractivity contribution in [3.8, 4) is 33.6 Å². The Morgan fingerprint density at radius 2 is 0.730 bits per heavy atom. The highest BCUT2D eigenvalue weighted by Gasteiger charge is 2.41. The van der Waals surface area contributed by atoms with Crippen molar-refractivity contribution in [2.75, 3.05) is 0 Å². The van der Waals surface area contributed by atoms with E-state index in [9.17, 15) is 0 Å². The van der Waals surface area contributed by atoms with Crippen LogP contribution in [0.15, 0.2) is 255 Å². The zero-order chi connectivity index (χ0) is 41.7. The summed E-state index contributed by atoms with van der Waals surface area (Å²) in [6.45, 7) is 0. The summed E-state index contributed by atoms with van der Waals surface area (Å²) in [5.74, 6) is 0. The summed E-state index contributed by atoms with van der Waals surface area (Å²) in [5.41, 5.74) is 11.8. The molecule has 0 fully saturated rings. The third kappa shape index (κ3) is 5.93. The van der Waals surface area contributed by atoms with Gasteiger partial charge in [-0.1, -0.05) is 218 Å². The van der Waals surface area contributed by atoms with Gasteiger partial charge in [0.1, 0.15) is 0 Å². The summed E-state index contributed by atoms with van der Waals surface area (Å²) in [6, 6.07) is 94.2. The summed E-state index contributed by atoms with van der Waals surface area (Å²) >= 11 is 0. The lowest BCUT2D eigenvalue weighted by molar-refractivity contribution is 1.13. The van der Waals surface area contributed by atoms with Gasteiger partial charge in [-0.25, -0.2) is 0 Å². The molecule has 2 aromatic heterocycles. The Hall–Kier alpha value is -7.98. The SMILES string of the molecule is c1ccc(-c2ccc(-n3c4cc(-c5ccccc5)ccc4c4cccc(-n5c6ccccc6c6cc([Si](c7ccccc7)(c7ccccc7)c7ccccc7)ccc65)c43)cc2)cc1. The van der Waals surface area contributed by atoms with Crippen LogP contribution in [0.2, 0.25) is 0 Å². The highest BCUT2D eigenvalue weighted by molar-refractivity contribution is 7.20. The average molecular weight is 819 g/mol. The summed E-state index contributed by atoms with van der Waals surface area (Å²) < 4.78 is 5.01. The molecule has 0 radical (unpaired) electrons.